The van der Waals surface area contributed by atoms with E-state index in [1.165, 1.54) is 6.20 Å². The van der Waals surface area contributed by atoms with E-state index < -0.39 is 5.91 Å². The van der Waals surface area contributed by atoms with Gasteiger partial charge >= 0.3 is 0 Å². The van der Waals surface area contributed by atoms with Crippen molar-refractivity contribution in [3.63, 3.8) is 0 Å². The van der Waals surface area contributed by atoms with Crippen LogP contribution in [0.5, 0.6) is 0 Å². The maximum atomic E-state index is 11.3. The fraction of sp³-hybridized carbons (Fsp3) is 0. The number of hydrogen-bond donors (Lipinski definition) is 2. The molecule has 2 aromatic rings. The molecule has 0 unspecified atom stereocenters. The predicted molar refractivity (Wildman–Crippen MR) is 59.9 cm³/mol. The molecule has 0 aliphatic heterocycles. The van der Waals surface area contributed by atoms with Gasteiger partial charge in [0.1, 0.15) is 5.69 Å². The zero-order valence-corrected chi connectivity index (χ0v) is 8.42. The van der Waals surface area contributed by atoms with Gasteiger partial charge in [0.2, 0.25) is 0 Å². The fourth-order valence-corrected chi connectivity index (χ4v) is 1.32. The number of nitrogens with one attached hydrogen (secondary N) is 1. The third kappa shape index (κ3) is 2.14. The van der Waals surface area contributed by atoms with Crippen molar-refractivity contribution in [1.82, 2.24) is 15.4 Å². The van der Waals surface area contributed by atoms with Gasteiger partial charge in [0.05, 0.1) is 11.8 Å². The number of amides is 1. The van der Waals surface area contributed by atoms with Gasteiger partial charge in [0.15, 0.2) is 0 Å². The molecule has 0 spiro atoms. The highest BCUT2D eigenvalue weighted by molar-refractivity contribution is 6.22. The lowest BCUT2D eigenvalue weighted by Crippen LogP contribution is -2.13. The van der Waals surface area contributed by atoms with Crippen molar-refractivity contribution in [2.75, 3.05) is 0 Å². The first-order chi connectivity index (χ1) is 7.77. The number of aromatic nitrogens is 3. The summed E-state index contributed by atoms with van der Waals surface area (Å²) in [6, 6.07) is 9.42. The lowest BCUT2D eigenvalue weighted by Gasteiger charge is -1.98. The van der Waals surface area contributed by atoms with Crippen LogP contribution >= 0.6 is 0 Å². The second kappa shape index (κ2) is 4.39. The zero-order valence-electron chi connectivity index (χ0n) is 8.42. The van der Waals surface area contributed by atoms with E-state index >= 15 is 0 Å². The van der Waals surface area contributed by atoms with Crippen molar-refractivity contribution in [3.8, 4) is 0 Å². The van der Waals surface area contributed by atoms with Crippen LogP contribution in [0.3, 0.4) is 0 Å². The van der Waals surface area contributed by atoms with Gasteiger partial charge in [0, 0.05) is 0 Å². The molecule has 1 aromatic carbocycles. The molecule has 16 heavy (non-hydrogen) atoms. The summed E-state index contributed by atoms with van der Waals surface area (Å²) in [4.78, 5) is 11.3. The highest BCUT2D eigenvalue weighted by atomic mass is 16.1. The van der Waals surface area contributed by atoms with E-state index in [1.54, 1.807) is 6.08 Å². The van der Waals surface area contributed by atoms with Crippen LogP contribution in [-0.2, 0) is 4.79 Å². The molecule has 0 aliphatic carbocycles. The average Bonchev–Trinajstić information content (AvgIpc) is 2.80. The van der Waals surface area contributed by atoms with E-state index in [-0.39, 0.29) is 0 Å². The van der Waals surface area contributed by atoms with Gasteiger partial charge < -0.3 is 5.73 Å². The molecule has 0 atom stereocenters. The summed E-state index contributed by atoms with van der Waals surface area (Å²) in [6.07, 6.45) is 3.14. The lowest BCUT2D eigenvalue weighted by atomic mass is 10.1. The van der Waals surface area contributed by atoms with Gasteiger partial charge in [-0.25, -0.2) is 0 Å². The third-order valence-electron chi connectivity index (χ3n) is 2.07. The second-order valence-electron chi connectivity index (χ2n) is 3.19. The first-order valence-electron chi connectivity index (χ1n) is 4.70. The van der Waals surface area contributed by atoms with Crippen molar-refractivity contribution in [2.45, 2.75) is 0 Å². The fourth-order valence-electron chi connectivity index (χ4n) is 1.32. The van der Waals surface area contributed by atoms with Crippen molar-refractivity contribution in [3.05, 3.63) is 47.8 Å². The molecule has 2 rings (SSSR count). The molecule has 80 valence electrons. The minimum Gasteiger partial charge on any atom is -0.366 e. The molecule has 0 saturated heterocycles. The standard InChI is InChI=1S/C11H10N4O/c12-11(16)9(10-7-13-15-14-10)6-8-4-2-1-3-5-8/h1-7H,(H2,12,16)(H,13,14,15). The summed E-state index contributed by atoms with van der Waals surface area (Å²) in [5.41, 5.74) is 6.95. The number of aromatic amines is 1. The summed E-state index contributed by atoms with van der Waals surface area (Å²) in [5, 5.41) is 9.91. The molecule has 5 heteroatoms. The van der Waals surface area contributed by atoms with Crippen LogP contribution in [0.1, 0.15) is 11.3 Å². The summed E-state index contributed by atoms with van der Waals surface area (Å²) in [6.45, 7) is 0. The Hall–Kier alpha value is -2.43. The number of rotatable bonds is 3. The number of carbonyl (C=O) groups excluding carboxylic acids is 1. The van der Waals surface area contributed by atoms with Crippen LogP contribution < -0.4 is 5.73 Å². The van der Waals surface area contributed by atoms with Crippen molar-refractivity contribution in [1.29, 1.82) is 0 Å². The predicted octanol–water partition coefficient (Wildman–Crippen LogP) is 0.831. The third-order valence-corrected chi connectivity index (χ3v) is 2.07. The largest absolute Gasteiger partial charge is 0.366 e. The molecule has 0 saturated carbocycles. The number of nitrogens with two attached hydrogens (primary N) is 1. The van der Waals surface area contributed by atoms with E-state index in [9.17, 15) is 4.79 Å². The van der Waals surface area contributed by atoms with Crippen LogP contribution in [-0.4, -0.2) is 21.3 Å². The molecule has 0 fully saturated rings. The van der Waals surface area contributed by atoms with Gasteiger partial charge in [-0.3, -0.25) is 4.79 Å². The number of benzene rings is 1. The van der Waals surface area contributed by atoms with Crippen LogP contribution in [0, 0.1) is 0 Å². The summed E-state index contributed by atoms with van der Waals surface area (Å²) >= 11 is 0. The molecule has 0 aliphatic rings. The van der Waals surface area contributed by atoms with Crippen molar-refractivity contribution < 1.29 is 4.79 Å². The molecule has 1 heterocycles. The van der Waals surface area contributed by atoms with E-state index in [0.29, 0.717) is 11.3 Å². The monoisotopic (exact) mass is 214 g/mol. The van der Waals surface area contributed by atoms with Crippen LogP contribution in [0.15, 0.2) is 36.5 Å². The molecule has 3 N–H and O–H groups in total. The minimum absolute atomic E-state index is 0.333. The van der Waals surface area contributed by atoms with Crippen LogP contribution in [0.2, 0.25) is 0 Å². The molecule has 5 nitrogen and oxygen atoms in total. The van der Waals surface area contributed by atoms with Gasteiger partial charge in [-0.1, -0.05) is 30.3 Å². The van der Waals surface area contributed by atoms with Crippen molar-refractivity contribution >= 4 is 17.6 Å². The Morgan fingerprint density at radius 3 is 2.62 bits per heavy atom. The van der Waals surface area contributed by atoms with Crippen LogP contribution in [0.4, 0.5) is 0 Å². The zero-order chi connectivity index (χ0) is 11.4. The molecule has 1 amide bonds. The Morgan fingerprint density at radius 2 is 2.06 bits per heavy atom. The first-order valence-corrected chi connectivity index (χ1v) is 4.70. The second-order valence-corrected chi connectivity index (χ2v) is 3.19. The SMILES string of the molecule is NC(=O)C(=Cc1ccccc1)c1cn[nH]n1. The average molecular weight is 214 g/mol. The first kappa shape index (κ1) is 10.1. The Kier molecular flexibility index (Phi) is 2.77. The van der Waals surface area contributed by atoms with E-state index in [2.05, 4.69) is 15.4 Å². The molecular weight excluding hydrogens is 204 g/mol. The van der Waals surface area contributed by atoms with Gasteiger partial charge in [-0.2, -0.15) is 15.4 Å². The van der Waals surface area contributed by atoms with Crippen molar-refractivity contribution in [2.24, 2.45) is 5.73 Å². The van der Waals surface area contributed by atoms with Crippen LogP contribution in [0.25, 0.3) is 11.6 Å². The molecule has 1 aromatic heterocycles. The highest BCUT2D eigenvalue weighted by Crippen LogP contribution is 2.14. The summed E-state index contributed by atoms with van der Waals surface area (Å²) in [7, 11) is 0. The Labute approximate surface area is 92.0 Å². The van der Waals surface area contributed by atoms with E-state index in [0.717, 1.165) is 5.56 Å². The number of nitrogens with zero attached hydrogens (tertiary/aromatic N) is 2. The summed E-state index contributed by atoms with van der Waals surface area (Å²) < 4.78 is 0. The lowest BCUT2D eigenvalue weighted by molar-refractivity contribution is -0.112. The number of primary amides is 1. The van der Waals surface area contributed by atoms with Gasteiger partial charge in [0.25, 0.3) is 5.91 Å². The Bertz CT molecular complexity index is 502. The summed E-state index contributed by atoms with van der Waals surface area (Å²) in [5.74, 6) is -0.530. The van der Waals surface area contributed by atoms with Gasteiger partial charge in [-0.15, -0.1) is 0 Å². The molecular formula is C11H10N4O. The van der Waals surface area contributed by atoms with E-state index in [1.807, 2.05) is 30.3 Å². The number of carbonyl (C=O) groups is 1. The van der Waals surface area contributed by atoms with E-state index in [4.69, 9.17) is 5.73 Å². The number of H-pyrrole nitrogens is 1. The maximum absolute atomic E-state index is 11.3. The smallest absolute Gasteiger partial charge is 0.251 e. The highest BCUT2D eigenvalue weighted by Gasteiger charge is 2.10. The number of hydrogen-bond acceptors (Lipinski definition) is 3. The Morgan fingerprint density at radius 1 is 1.31 bits per heavy atom. The Balaban J connectivity index is 2.42. The topological polar surface area (TPSA) is 84.7 Å². The normalized spacial score (nSPS) is 11.4. The van der Waals surface area contributed by atoms with Gasteiger partial charge in [-0.05, 0) is 11.6 Å². The molecule has 0 radical (unpaired) electrons. The quantitative estimate of drug-likeness (QED) is 0.742. The minimum atomic E-state index is -0.530. The molecule has 0 bridgehead atoms. The maximum Gasteiger partial charge on any atom is 0.251 e.